The molecule has 1 aromatic carbocycles. The van der Waals surface area contributed by atoms with E-state index in [-0.39, 0.29) is 11.9 Å². The highest BCUT2D eigenvalue weighted by Gasteiger charge is 2.27. The number of ether oxygens (including phenoxy) is 1. The van der Waals surface area contributed by atoms with E-state index in [1.165, 1.54) is 16.2 Å². The number of anilines is 1. The maximum Gasteiger partial charge on any atom is 0.341 e. The van der Waals surface area contributed by atoms with Crippen LogP contribution in [-0.4, -0.2) is 18.5 Å². The summed E-state index contributed by atoms with van der Waals surface area (Å²) in [5, 5.41) is 3.60. The Morgan fingerprint density at radius 3 is 2.72 bits per heavy atom. The van der Waals surface area contributed by atoms with Gasteiger partial charge in [0.1, 0.15) is 5.00 Å². The molecule has 0 radical (unpaired) electrons. The van der Waals surface area contributed by atoms with Crippen molar-refractivity contribution in [2.45, 2.75) is 46.0 Å². The van der Waals surface area contributed by atoms with Gasteiger partial charge in [0.15, 0.2) is 0 Å². The summed E-state index contributed by atoms with van der Waals surface area (Å²) in [6.07, 6.45) is 4.37. The average molecular weight is 357 g/mol. The first-order valence-electron chi connectivity index (χ1n) is 8.76. The highest BCUT2D eigenvalue weighted by molar-refractivity contribution is 7.17. The van der Waals surface area contributed by atoms with Crippen LogP contribution in [0.15, 0.2) is 24.3 Å². The molecule has 132 valence electrons. The number of esters is 1. The predicted molar refractivity (Wildman–Crippen MR) is 100 cm³/mol. The van der Waals surface area contributed by atoms with Gasteiger partial charge in [-0.1, -0.05) is 24.3 Å². The summed E-state index contributed by atoms with van der Waals surface area (Å²) in [5.41, 5.74) is 3.73. The van der Waals surface area contributed by atoms with Gasteiger partial charge in [-0.2, -0.15) is 0 Å². The van der Waals surface area contributed by atoms with E-state index in [9.17, 15) is 9.59 Å². The summed E-state index contributed by atoms with van der Waals surface area (Å²) in [6.45, 7) is 4.13. The fraction of sp³-hybridized carbons (Fsp3) is 0.400. The molecule has 0 unspecified atom stereocenters. The van der Waals surface area contributed by atoms with Crippen molar-refractivity contribution in [3.63, 3.8) is 0 Å². The Labute approximate surface area is 152 Å². The number of carbonyl (C=O) groups is 2. The van der Waals surface area contributed by atoms with E-state index in [1.54, 1.807) is 6.92 Å². The van der Waals surface area contributed by atoms with Crippen LogP contribution in [0, 0.1) is 6.92 Å². The zero-order chi connectivity index (χ0) is 17.8. The van der Waals surface area contributed by atoms with Gasteiger partial charge in [0.25, 0.3) is 0 Å². The van der Waals surface area contributed by atoms with Crippen LogP contribution in [0.1, 0.15) is 51.7 Å². The molecule has 1 amide bonds. The molecule has 0 aliphatic heterocycles. The van der Waals surface area contributed by atoms with Crippen LogP contribution < -0.4 is 5.32 Å². The Bertz CT molecular complexity index is 794. The highest BCUT2D eigenvalue weighted by atomic mass is 32.1. The molecule has 0 bridgehead atoms. The summed E-state index contributed by atoms with van der Waals surface area (Å²) >= 11 is 1.53. The average Bonchev–Trinajstić information content (AvgIpc) is 2.95. The molecule has 1 aliphatic carbocycles. The number of benzene rings is 1. The SMILES string of the molecule is CCOC(=O)c1c(NC(=O)Cc2ccccc2C)sc2c1CCCC2. The molecule has 1 aromatic heterocycles. The molecule has 2 aromatic rings. The van der Waals surface area contributed by atoms with Gasteiger partial charge in [-0.15, -0.1) is 11.3 Å². The molecule has 0 atom stereocenters. The van der Waals surface area contributed by atoms with Crippen molar-refractivity contribution in [2.75, 3.05) is 11.9 Å². The van der Waals surface area contributed by atoms with Crippen molar-refractivity contribution in [2.24, 2.45) is 0 Å². The van der Waals surface area contributed by atoms with E-state index in [0.717, 1.165) is 42.4 Å². The summed E-state index contributed by atoms with van der Waals surface area (Å²) in [6, 6.07) is 7.85. The molecule has 5 heteroatoms. The Kier molecular flexibility index (Phi) is 5.53. The van der Waals surface area contributed by atoms with Crippen LogP contribution in [0.3, 0.4) is 0 Å². The van der Waals surface area contributed by atoms with E-state index < -0.39 is 0 Å². The monoisotopic (exact) mass is 357 g/mol. The molecule has 25 heavy (non-hydrogen) atoms. The lowest BCUT2D eigenvalue weighted by Gasteiger charge is -2.12. The first kappa shape index (κ1) is 17.7. The number of carbonyl (C=O) groups excluding carboxylic acids is 2. The van der Waals surface area contributed by atoms with E-state index in [0.29, 0.717) is 23.6 Å². The van der Waals surface area contributed by atoms with Gasteiger partial charge in [-0.25, -0.2) is 4.79 Å². The summed E-state index contributed by atoms with van der Waals surface area (Å²) < 4.78 is 5.23. The van der Waals surface area contributed by atoms with Gasteiger partial charge in [-0.3, -0.25) is 4.79 Å². The van der Waals surface area contributed by atoms with E-state index in [2.05, 4.69) is 5.32 Å². The van der Waals surface area contributed by atoms with Crippen LogP contribution in [0.2, 0.25) is 0 Å². The lowest BCUT2D eigenvalue weighted by Crippen LogP contribution is -2.17. The van der Waals surface area contributed by atoms with Crippen LogP contribution >= 0.6 is 11.3 Å². The maximum atomic E-state index is 12.5. The van der Waals surface area contributed by atoms with Gasteiger partial charge in [0, 0.05) is 4.88 Å². The number of amides is 1. The number of fused-ring (bicyclic) bond motifs is 1. The Balaban J connectivity index is 1.84. The first-order chi connectivity index (χ1) is 12.1. The molecule has 3 rings (SSSR count). The number of hydrogen-bond donors (Lipinski definition) is 1. The Morgan fingerprint density at radius 2 is 1.96 bits per heavy atom. The van der Waals surface area contributed by atoms with Crippen LogP contribution in [0.4, 0.5) is 5.00 Å². The van der Waals surface area contributed by atoms with Crippen molar-refractivity contribution >= 4 is 28.2 Å². The third-order valence-electron chi connectivity index (χ3n) is 4.52. The van der Waals surface area contributed by atoms with Crippen molar-refractivity contribution in [3.8, 4) is 0 Å². The standard InChI is InChI=1S/C20H23NO3S/c1-3-24-20(23)18-15-10-6-7-11-16(15)25-19(18)21-17(22)12-14-9-5-4-8-13(14)2/h4-5,8-9H,3,6-7,10-12H2,1-2H3,(H,21,22). The number of aryl methyl sites for hydroxylation is 2. The molecular formula is C20H23NO3S. The second-order valence-corrected chi connectivity index (χ2v) is 7.39. The van der Waals surface area contributed by atoms with Crippen molar-refractivity contribution < 1.29 is 14.3 Å². The van der Waals surface area contributed by atoms with Crippen molar-refractivity contribution in [1.29, 1.82) is 0 Å². The third kappa shape index (κ3) is 3.93. The van der Waals surface area contributed by atoms with Crippen molar-refractivity contribution in [1.82, 2.24) is 0 Å². The molecule has 1 N–H and O–H groups in total. The fourth-order valence-corrected chi connectivity index (χ4v) is 4.52. The minimum absolute atomic E-state index is 0.0987. The third-order valence-corrected chi connectivity index (χ3v) is 5.72. The summed E-state index contributed by atoms with van der Waals surface area (Å²) in [7, 11) is 0. The maximum absolute atomic E-state index is 12.5. The van der Waals surface area contributed by atoms with Crippen LogP contribution in [-0.2, 0) is 28.8 Å². The molecule has 1 heterocycles. The lowest BCUT2D eigenvalue weighted by molar-refractivity contribution is -0.115. The Morgan fingerprint density at radius 1 is 1.20 bits per heavy atom. The molecule has 1 aliphatic rings. The predicted octanol–water partition coefficient (Wildman–Crippen LogP) is 4.29. The second-order valence-electron chi connectivity index (χ2n) is 6.29. The normalized spacial score (nSPS) is 13.2. The number of rotatable bonds is 5. The topological polar surface area (TPSA) is 55.4 Å². The Hall–Kier alpha value is -2.14. The minimum Gasteiger partial charge on any atom is -0.462 e. The lowest BCUT2D eigenvalue weighted by atomic mass is 9.95. The second kappa shape index (κ2) is 7.83. The summed E-state index contributed by atoms with van der Waals surface area (Å²) in [5.74, 6) is -0.425. The number of hydrogen-bond acceptors (Lipinski definition) is 4. The molecule has 4 nitrogen and oxygen atoms in total. The first-order valence-corrected chi connectivity index (χ1v) is 9.57. The highest BCUT2D eigenvalue weighted by Crippen LogP contribution is 2.38. The van der Waals surface area contributed by atoms with E-state index in [4.69, 9.17) is 4.74 Å². The zero-order valence-corrected chi connectivity index (χ0v) is 15.5. The molecule has 0 fully saturated rings. The van der Waals surface area contributed by atoms with Crippen LogP contribution in [0.25, 0.3) is 0 Å². The quantitative estimate of drug-likeness (QED) is 0.812. The molecular weight excluding hydrogens is 334 g/mol. The molecule has 0 saturated heterocycles. The summed E-state index contributed by atoms with van der Waals surface area (Å²) in [4.78, 5) is 26.2. The van der Waals surface area contributed by atoms with Crippen molar-refractivity contribution in [3.05, 3.63) is 51.4 Å². The number of nitrogens with one attached hydrogen (secondary N) is 1. The fourth-order valence-electron chi connectivity index (χ4n) is 3.23. The smallest absolute Gasteiger partial charge is 0.341 e. The van der Waals surface area contributed by atoms with E-state index in [1.807, 2.05) is 31.2 Å². The molecule has 0 spiro atoms. The minimum atomic E-state index is -0.326. The van der Waals surface area contributed by atoms with Gasteiger partial charge < -0.3 is 10.1 Å². The number of thiophene rings is 1. The molecule has 0 saturated carbocycles. The van der Waals surface area contributed by atoms with E-state index >= 15 is 0 Å². The van der Waals surface area contributed by atoms with Gasteiger partial charge in [0.05, 0.1) is 18.6 Å². The van der Waals surface area contributed by atoms with Gasteiger partial charge in [0.2, 0.25) is 5.91 Å². The largest absolute Gasteiger partial charge is 0.462 e. The van der Waals surface area contributed by atoms with Gasteiger partial charge >= 0.3 is 5.97 Å². The zero-order valence-electron chi connectivity index (χ0n) is 14.7. The van der Waals surface area contributed by atoms with Crippen LogP contribution in [0.5, 0.6) is 0 Å². The van der Waals surface area contributed by atoms with Gasteiger partial charge in [-0.05, 0) is 56.2 Å².